The van der Waals surface area contributed by atoms with Gasteiger partial charge < -0.3 is 33.7 Å². The molecule has 324 valence electrons. The summed E-state index contributed by atoms with van der Waals surface area (Å²) >= 11 is 1.01. The normalized spacial score (nSPS) is 25.1. The standard InChI is InChI=1S/C44H41F3N4O10S/c1-6-14-50-27-16-25-15-21(2)36(56-5)40(61-30(53)13-12-24-10-8-7-9-11-24)31(25)34(50)35-41-33-32(39-38(58-20-59-39)22(3)37(33)60-23(4)52)29(51(35)28(27)17-48)18-57-42(54)26(19-62-41)49-43(55)44(45,46)47/h6-13,15,26-29,34-35,41H,1,14,16,18-20H2,2-5H3,(H,49,55)/b13-12+/t26?,27-,28-,29-,34+,35?,41+/m0/s1. The Kier molecular flexibility index (Phi) is 11.5. The van der Waals surface area contributed by atoms with E-state index in [4.69, 9.17) is 28.4 Å². The summed E-state index contributed by atoms with van der Waals surface area (Å²) in [6.07, 6.45) is -0.414. The quantitative estimate of drug-likeness (QED) is 0.126. The molecule has 5 heterocycles. The van der Waals surface area contributed by atoms with E-state index in [-0.39, 0.29) is 42.1 Å². The highest BCUT2D eigenvalue weighted by Gasteiger charge is 2.61. The molecule has 3 aromatic rings. The van der Waals surface area contributed by atoms with Crippen LogP contribution in [0.15, 0.2) is 55.1 Å². The third kappa shape index (κ3) is 7.31. The van der Waals surface area contributed by atoms with Gasteiger partial charge in [0.15, 0.2) is 23.0 Å². The zero-order valence-electron chi connectivity index (χ0n) is 33.9. The number of halogens is 3. The molecule has 4 bridgehead atoms. The van der Waals surface area contributed by atoms with Crippen molar-refractivity contribution in [2.75, 3.05) is 32.8 Å². The summed E-state index contributed by atoms with van der Waals surface area (Å²) in [6.45, 7) is 8.26. The minimum Gasteiger partial charge on any atom is -0.493 e. The predicted molar refractivity (Wildman–Crippen MR) is 217 cm³/mol. The van der Waals surface area contributed by atoms with Crippen LogP contribution in [0.4, 0.5) is 13.2 Å². The van der Waals surface area contributed by atoms with Crippen LogP contribution in [-0.4, -0.2) is 96.8 Å². The number of piperazine rings is 1. The van der Waals surface area contributed by atoms with Crippen molar-refractivity contribution < 1.29 is 60.8 Å². The first-order valence-corrected chi connectivity index (χ1v) is 20.7. The van der Waals surface area contributed by atoms with E-state index >= 15 is 0 Å². The lowest BCUT2D eigenvalue weighted by molar-refractivity contribution is -0.176. The van der Waals surface area contributed by atoms with Crippen LogP contribution in [0.5, 0.6) is 28.7 Å². The van der Waals surface area contributed by atoms with Crippen LogP contribution in [0, 0.1) is 25.2 Å². The first-order chi connectivity index (χ1) is 29.7. The number of nitrogens with zero attached hydrogens (tertiary/aromatic N) is 3. The molecule has 7 atom stereocenters. The van der Waals surface area contributed by atoms with E-state index in [0.717, 1.165) is 22.9 Å². The van der Waals surface area contributed by atoms with Crippen molar-refractivity contribution in [3.05, 3.63) is 94.1 Å². The first kappa shape index (κ1) is 42.7. The summed E-state index contributed by atoms with van der Waals surface area (Å²) in [5, 5.41) is 12.1. The summed E-state index contributed by atoms with van der Waals surface area (Å²) in [4.78, 5) is 56.8. The molecule has 8 rings (SSSR count). The van der Waals surface area contributed by atoms with Gasteiger partial charge in [0.2, 0.25) is 6.79 Å². The SMILES string of the molecule is C=CCN1[C@@H]2c3c(cc(C)c(OC)c3OC(=O)/C=C/c3ccccc3)C[C@H]1[C@H](C#N)N1C2[C@@H]2SCC(NC(=O)C(F)(F)F)C(=O)OC[C@H]1c1c3c(c(C)c(OC(C)=O)c12)OCO3. The second-order valence-electron chi connectivity index (χ2n) is 15.4. The molecule has 1 N–H and O–H groups in total. The fourth-order valence-electron chi connectivity index (χ4n) is 9.50. The van der Waals surface area contributed by atoms with Gasteiger partial charge in [-0.1, -0.05) is 42.5 Å². The Morgan fingerprint density at radius 1 is 1.05 bits per heavy atom. The van der Waals surface area contributed by atoms with E-state index < -0.39 is 83.9 Å². The van der Waals surface area contributed by atoms with Crippen LogP contribution in [0.25, 0.3) is 6.08 Å². The number of cyclic esters (lactones) is 1. The third-order valence-corrected chi connectivity index (χ3v) is 13.2. The van der Waals surface area contributed by atoms with Crippen LogP contribution in [0.1, 0.15) is 63.2 Å². The molecule has 5 aliphatic rings. The summed E-state index contributed by atoms with van der Waals surface area (Å²) < 4.78 is 77.0. The molecule has 0 aromatic heterocycles. The molecule has 62 heavy (non-hydrogen) atoms. The number of aryl methyl sites for hydroxylation is 1. The number of methoxy groups -OCH3 is 1. The van der Waals surface area contributed by atoms with Crippen molar-refractivity contribution in [1.29, 1.82) is 5.26 Å². The maximum atomic E-state index is 13.8. The van der Waals surface area contributed by atoms with E-state index in [2.05, 4.69) is 17.5 Å². The number of amides is 1. The minimum absolute atomic E-state index is 0.0998. The minimum atomic E-state index is -5.31. The van der Waals surface area contributed by atoms with Gasteiger partial charge in [0.1, 0.15) is 24.4 Å². The fourth-order valence-corrected chi connectivity index (χ4v) is 11.0. The monoisotopic (exact) mass is 874 g/mol. The van der Waals surface area contributed by atoms with Crippen LogP contribution >= 0.6 is 11.8 Å². The van der Waals surface area contributed by atoms with Gasteiger partial charge in [0, 0.05) is 59.6 Å². The highest BCUT2D eigenvalue weighted by Crippen LogP contribution is 2.64. The molecular formula is C44H41F3N4O10S. The molecular weight excluding hydrogens is 834 g/mol. The number of carbonyl (C=O) groups excluding carboxylic acids is 4. The van der Waals surface area contributed by atoms with Gasteiger partial charge in [0.05, 0.1) is 30.5 Å². The number of benzene rings is 3. The van der Waals surface area contributed by atoms with Crippen molar-refractivity contribution in [3.63, 3.8) is 0 Å². The number of nitrogens with one attached hydrogen (secondary N) is 1. The molecule has 0 saturated carbocycles. The Hall–Kier alpha value is -6.03. The maximum absolute atomic E-state index is 13.8. The van der Waals surface area contributed by atoms with E-state index in [0.29, 0.717) is 34.2 Å². The third-order valence-electron chi connectivity index (χ3n) is 11.8. The number of thioether (sulfide) groups is 1. The number of rotatable bonds is 8. The van der Waals surface area contributed by atoms with E-state index in [1.165, 1.54) is 20.1 Å². The molecule has 14 nitrogen and oxygen atoms in total. The van der Waals surface area contributed by atoms with Gasteiger partial charge >= 0.3 is 30.0 Å². The number of esters is 3. The summed E-state index contributed by atoms with van der Waals surface area (Å²) in [6, 6.07) is 7.69. The number of alkyl halides is 3. The average Bonchev–Trinajstić information content (AvgIpc) is 3.73. The van der Waals surface area contributed by atoms with Crippen molar-refractivity contribution in [2.45, 2.75) is 74.9 Å². The van der Waals surface area contributed by atoms with Crippen molar-refractivity contribution in [1.82, 2.24) is 15.1 Å². The number of nitriles is 1. The molecule has 18 heteroatoms. The molecule has 3 aromatic carbocycles. The Balaban J connectivity index is 1.39. The smallest absolute Gasteiger partial charge is 0.471 e. The van der Waals surface area contributed by atoms with Crippen LogP contribution < -0.4 is 29.0 Å². The van der Waals surface area contributed by atoms with E-state index in [1.54, 1.807) is 24.4 Å². The van der Waals surface area contributed by atoms with Gasteiger partial charge in [-0.2, -0.15) is 18.4 Å². The highest BCUT2D eigenvalue weighted by molar-refractivity contribution is 7.99. The van der Waals surface area contributed by atoms with E-state index in [9.17, 15) is 37.6 Å². The fraction of sp³-hybridized carbons (Fsp3) is 0.386. The highest BCUT2D eigenvalue weighted by atomic mass is 32.2. The van der Waals surface area contributed by atoms with E-state index in [1.807, 2.05) is 48.2 Å². The molecule has 2 saturated heterocycles. The second kappa shape index (κ2) is 16.7. The molecule has 0 aliphatic carbocycles. The van der Waals surface area contributed by atoms with Crippen molar-refractivity contribution >= 4 is 41.7 Å². The Morgan fingerprint density at radius 3 is 2.47 bits per heavy atom. The summed E-state index contributed by atoms with van der Waals surface area (Å²) in [5.41, 5.74) is 3.94. The Bertz CT molecular complexity index is 2440. The van der Waals surface area contributed by atoms with Gasteiger partial charge in [-0.3, -0.25) is 19.4 Å². The van der Waals surface area contributed by atoms with Crippen LogP contribution in [0.2, 0.25) is 0 Å². The molecule has 1 amide bonds. The number of hydrogen-bond acceptors (Lipinski definition) is 14. The number of ether oxygens (including phenoxy) is 6. The van der Waals surface area contributed by atoms with Crippen molar-refractivity contribution in [3.8, 4) is 34.8 Å². The second-order valence-corrected chi connectivity index (χ2v) is 16.5. The number of fused-ring (bicyclic) bond motifs is 9. The topological polar surface area (TPSA) is 166 Å². The van der Waals surface area contributed by atoms with Crippen LogP contribution in [-0.2, 0) is 30.3 Å². The molecule has 2 fully saturated rings. The molecule has 5 aliphatic heterocycles. The molecule has 0 spiro atoms. The summed E-state index contributed by atoms with van der Waals surface area (Å²) in [5.74, 6) is -4.24. The molecule has 2 unspecified atom stereocenters. The van der Waals surface area contributed by atoms with Gasteiger partial charge in [-0.05, 0) is 43.0 Å². The zero-order valence-corrected chi connectivity index (χ0v) is 34.8. The Labute approximate surface area is 358 Å². The Morgan fingerprint density at radius 2 is 1.79 bits per heavy atom. The average molecular weight is 875 g/mol. The number of carbonyl (C=O) groups is 4. The van der Waals surface area contributed by atoms with Crippen LogP contribution in [0.3, 0.4) is 0 Å². The lowest BCUT2D eigenvalue weighted by Crippen LogP contribution is -2.70. The first-order valence-electron chi connectivity index (χ1n) is 19.7. The van der Waals surface area contributed by atoms with Gasteiger partial charge in [-0.25, -0.2) is 9.59 Å². The number of hydrogen-bond donors (Lipinski definition) is 1. The zero-order chi connectivity index (χ0) is 44.2. The maximum Gasteiger partial charge on any atom is 0.471 e. The largest absolute Gasteiger partial charge is 0.493 e. The lowest BCUT2D eigenvalue weighted by atomic mass is 9.71. The lowest BCUT2D eigenvalue weighted by Gasteiger charge is -2.62. The predicted octanol–water partition coefficient (Wildman–Crippen LogP) is 5.75. The summed E-state index contributed by atoms with van der Waals surface area (Å²) in [7, 11) is 1.45. The molecule has 0 radical (unpaired) electrons. The van der Waals surface area contributed by atoms with Gasteiger partial charge in [-0.15, -0.1) is 18.3 Å². The van der Waals surface area contributed by atoms with Crippen molar-refractivity contribution in [2.24, 2.45) is 0 Å². The van der Waals surface area contributed by atoms with Gasteiger partial charge in [0.25, 0.3) is 0 Å².